The molecule has 24 heavy (non-hydrogen) atoms. The normalized spacial score (nSPS) is 12.5. The van der Waals surface area contributed by atoms with Crippen LogP contribution in [0, 0.1) is 0 Å². The van der Waals surface area contributed by atoms with Crippen molar-refractivity contribution in [2.75, 3.05) is 0 Å². The van der Waals surface area contributed by atoms with Crippen molar-refractivity contribution >= 4 is 10.9 Å². The number of hydrogen-bond donors (Lipinski definition) is 3. The molecule has 4 rings (SSSR count). The van der Waals surface area contributed by atoms with Crippen molar-refractivity contribution in [3.8, 4) is 11.4 Å². The van der Waals surface area contributed by atoms with E-state index in [1.807, 2.05) is 48.7 Å². The Bertz CT molecular complexity index is 938. The number of rotatable bonds is 5. The van der Waals surface area contributed by atoms with E-state index in [1.54, 1.807) is 0 Å². The van der Waals surface area contributed by atoms with Gasteiger partial charge in [0.15, 0.2) is 5.82 Å². The number of benzene rings is 2. The standard InChI is InChI=1S/C19H19N5/c20-16(10-9-13-5-2-1-3-6-13)19-22-18(23-24-19)15-7-4-8-17-14(15)11-12-21-17/h1-8,11-12,16,21H,9-10,20H2,(H,22,23,24)/t16-/m1/s1. The van der Waals surface area contributed by atoms with Gasteiger partial charge < -0.3 is 10.7 Å². The van der Waals surface area contributed by atoms with Gasteiger partial charge in [-0.15, -0.1) is 0 Å². The van der Waals surface area contributed by atoms with E-state index < -0.39 is 0 Å². The van der Waals surface area contributed by atoms with E-state index in [-0.39, 0.29) is 6.04 Å². The van der Waals surface area contributed by atoms with Gasteiger partial charge in [0.2, 0.25) is 0 Å². The van der Waals surface area contributed by atoms with E-state index in [4.69, 9.17) is 5.73 Å². The summed E-state index contributed by atoms with van der Waals surface area (Å²) in [4.78, 5) is 7.82. The van der Waals surface area contributed by atoms with Crippen LogP contribution in [0.3, 0.4) is 0 Å². The molecule has 4 aromatic rings. The first kappa shape index (κ1) is 14.7. The Morgan fingerprint density at radius 2 is 1.88 bits per heavy atom. The Morgan fingerprint density at radius 3 is 2.75 bits per heavy atom. The molecule has 0 saturated heterocycles. The lowest BCUT2D eigenvalue weighted by Crippen LogP contribution is -2.13. The van der Waals surface area contributed by atoms with Gasteiger partial charge in [0.25, 0.3) is 0 Å². The lowest BCUT2D eigenvalue weighted by molar-refractivity contribution is 0.615. The monoisotopic (exact) mass is 317 g/mol. The Kier molecular flexibility index (Phi) is 3.84. The number of aromatic nitrogens is 4. The molecule has 0 aliphatic carbocycles. The van der Waals surface area contributed by atoms with Crippen LogP contribution >= 0.6 is 0 Å². The predicted octanol–water partition coefficient (Wildman–Crippen LogP) is 3.59. The average molecular weight is 317 g/mol. The third kappa shape index (κ3) is 2.81. The van der Waals surface area contributed by atoms with Crippen molar-refractivity contribution in [2.45, 2.75) is 18.9 Å². The maximum atomic E-state index is 6.29. The average Bonchev–Trinajstić information content (AvgIpc) is 3.29. The van der Waals surface area contributed by atoms with E-state index in [0.717, 1.165) is 35.1 Å². The van der Waals surface area contributed by atoms with Crippen LogP contribution in [0.5, 0.6) is 0 Å². The first-order chi connectivity index (χ1) is 11.8. The molecule has 0 aliphatic heterocycles. The number of aromatic amines is 2. The molecular formula is C19H19N5. The second kappa shape index (κ2) is 6.29. The lowest BCUT2D eigenvalue weighted by atomic mass is 10.1. The summed E-state index contributed by atoms with van der Waals surface area (Å²) in [6.07, 6.45) is 3.67. The molecule has 0 bridgehead atoms. The van der Waals surface area contributed by atoms with E-state index in [2.05, 4.69) is 32.3 Å². The maximum Gasteiger partial charge on any atom is 0.181 e. The van der Waals surface area contributed by atoms with Crippen molar-refractivity contribution in [2.24, 2.45) is 5.73 Å². The minimum absolute atomic E-state index is 0.156. The Labute approximate surface area is 139 Å². The van der Waals surface area contributed by atoms with Crippen molar-refractivity contribution in [3.05, 3.63) is 72.2 Å². The molecule has 0 saturated carbocycles. The van der Waals surface area contributed by atoms with Crippen molar-refractivity contribution < 1.29 is 0 Å². The molecule has 0 radical (unpaired) electrons. The Hall–Kier alpha value is -2.92. The van der Waals surface area contributed by atoms with Crippen LogP contribution in [0.15, 0.2) is 60.8 Å². The topological polar surface area (TPSA) is 83.4 Å². The van der Waals surface area contributed by atoms with Crippen LogP contribution in [0.1, 0.15) is 23.9 Å². The number of nitrogens with one attached hydrogen (secondary N) is 2. The van der Waals surface area contributed by atoms with Crippen LogP contribution in [-0.2, 0) is 6.42 Å². The molecule has 1 atom stereocenters. The molecule has 120 valence electrons. The quantitative estimate of drug-likeness (QED) is 0.526. The second-order valence-corrected chi connectivity index (χ2v) is 5.92. The summed E-state index contributed by atoms with van der Waals surface area (Å²) in [6, 6.07) is 18.3. The van der Waals surface area contributed by atoms with E-state index in [0.29, 0.717) is 5.82 Å². The second-order valence-electron chi connectivity index (χ2n) is 5.92. The zero-order chi connectivity index (χ0) is 16.4. The first-order valence-corrected chi connectivity index (χ1v) is 8.09. The van der Waals surface area contributed by atoms with Gasteiger partial charge in [-0.1, -0.05) is 42.5 Å². The highest BCUT2D eigenvalue weighted by atomic mass is 15.2. The third-order valence-corrected chi connectivity index (χ3v) is 4.28. The number of hydrogen-bond acceptors (Lipinski definition) is 3. The maximum absolute atomic E-state index is 6.29. The molecule has 0 spiro atoms. The number of H-pyrrole nitrogens is 2. The van der Waals surface area contributed by atoms with Crippen LogP contribution in [0.4, 0.5) is 0 Å². The van der Waals surface area contributed by atoms with Crippen LogP contribution in [0.25, 0.3) is 22.3 Å². The molecule has 4 N–H and O–H groups in total. The molecule has 0 fully saturated rings. The van der Waals surface area contributed by atoms with Crippen LogP contribution in [-0.4, -0.2) is 20.2 Å². The fourth-order valence-corrected chi connectivity index (χ4v) is 2.94. The highest BCUT2D eigenvalue weighted by Gasteiger charge is 2.14. The highest BCUT2D eigenvalue weighted by Crippen LogP contribution is 2.26. The Morgan fingerprint density at radius 1 is 1.00 bits per heavy atom. The lowest BCUT2D eigenvalue weighted by Gasteiger charge is -2.07. The van der Waals surface area contributed by atoms with Gasteiger partial charge >= 0.3 is 0 Å². The van der Waals surface area contributed by atoms with E-state index >= 15 is 0 Å². The number of aryl methyl sites for hydroxylation is 1. The summed E-state index contributed by atoms with van der Waals surface area (Å²) in [7, 11) is 0. The summed E-state index contributed by atoms with van der Waals surface area (Å²) in [5, 5.41) is 8.48. The van der Waals surface area contributed by atoms with Crippen molar-refractivity contribution in [1.29, 1.82) is 0 Å². The summed E-state index contributed by atoms with van der Waals surface area (Å²) < 4.78 is 0. The third-order valence-electron chi connectivity index (χ3n) is 4.28. The molecule has 2 aromatic heterocycles. The smallest absolute Gasteiger partial charge is 0.181 e. The minimum atomic E-state index is -0.156. The molecule has 5 heteroatoms. The highest BCUT2D eigenvalue weighted by molar-refractivity contribution is 5.93. The van der Waals surface area contributed by atoms with E-state index in [9.17, 15) is 0 Å². The zero-order valence-corrected chi connectivity index (χ0v) is 13.2. The van der Waals surface area contributed by atoms with E-state index in [1.165, 1.54) is 5.56 Å². The molecule has 5 nitrogen and oxygen atoms in total. The molecular weight excluding hydrogens is 298 g/mol. The summed E-state index contributed by atoms with van der Waals surface area (Å²) >= 11 is 0. The molecule has 0 amide bonds. The molecule has 2 heterocycles. The summed E-state index contributed by atoms with van der Waals surface area (Å²) in [5.41, 5.74) is 9.65. The van der Waals surface area contributed by atoms with Gasteiger partial charge in [0, 0.05) is 22.7 Å². The van der Waals surface area contributed by atoms with Crippen LogP contribution < -0.4 is 5.73 Å². The minimum Gasteiger partial charge on any atom is -0.361 e. The fraction of sp³-hybridized carbons (Fsp3) is 0.158. The van der Waals surface area contributed by atoms with Gasteiger partial charge in [-0.2, -0.15) is 5.10 Å². The summed E-state index contributed by atoms with van der Waals surface area (Å²) in [5.74, 6) is 1.42. The van der Waals surface area contributed by atoms with Crippen molar-refractivity contribution in [1.82, 2.24) is 20.2 Å². The zero-order valence-electron chi connectivity index (χ0n) is 13.2. The Balaban J connectivity index is 1.53. The van der Waals surface area contributed by atoms with Crippen LogP contribution in [0.2, 0.25) is 0 Å². The van der Waals surface area contributed by atoms with Crippen molar-refractivity contribution in [3.63, 3.8) is 0 Å². The number of fused-ring (bicyclic) bond motifs is 1. The van der Waals surface area contributed by atoms with Gasteiger partial charge in [0.1, 0.15) is 5.82 Å². The molecule has 0 aliphatic rings. The number of nitrogens with zero attached hydrogens (tertiary/aromatic N) is 2. The summed E-state index contributed by atoms with van der Waals surface area (Å²) in [6.45, 7) is 0. The first-order valence-electron chi connectivity index (χ1n) is 8.09. The fourth-order valence-electron chi connectivity index (χ4n) is 2.94. The van der Waals surface area contributed by atoms with Gasteiger partial charge in [-0.25, -0.2) is 4.98 Å². The molecule has 0 unspecified atom stereocenters. The van der Waals surface area contributed by atoms with Gasteiger partial charge in [-0.05, 0) is 30.5 Å². The van der Waals surface area contributed by atoms with Gasteiger partial charge in [0.05, 0.1) is 6.04 Å². The SMILES string of the molecule is N[C@H](CCc1ccccc1)c1nc(-c2cccc3[nH]ccc23)n[nH]1. The largest absolute Gasteiger partial charge is 0.361 e. The molecule has 2 aromatic carbocycles. The number of nitrogens with two attached hydrogens (primary N) is 1. The predicted molar refractivity (Wildman–Crippen MR) is 95.4 cm³/mol. The van der Waals surface area contributed by atoms with Gasteiger partial charge in [-0.3, -0.25) is 5.10 Å².